The highest BCUT2D eigenvalue weighted by atomic mass is 79.9. The molecule has 0 saturated carbocycles. The molecule has 9 heteroatoms. The van der Waals surface area contributed by atoms with Crippen LogP contribution in [0, 0.1) is 0 Å². The van der Waals surface area contributed by atoms with Crippen molar-refractivity contribution in [1.82, 2.24) is 5.43 Å². The summed E-state index contributed by atoms with van der Waals surface area (Å²) in [5.41, 5.74) is 3.28. The Kier molecular flexibility index (Phi) is 8.06. The molecule has 6 nitrogen and oxygen atoms in total. The molecule has 3 aromatic carbocycles. The Morgan fingerprint density at radius 1 is 0.968 bits per heavy atom. The Labute approximate surface area is 196 Å². The molecule has 0 aliphatic rings. The zero-order valence-electron chi connectivity index (χ0n) is 15.8. The molecule has 0 aliphatic heterocycles. The highest BCUT2D eigenvalue weighted by Crippen LogP contribution is 2.23. The van der Waals surface area contributed by atoms with E-state index in [0.29, 0.717) is 22.1 Å². The number of rotatable bonds is 7. The molecule has 3 aromatic rings. The summed E-state index contributed by atoms with van der Waals surface area (Å²) in [7, 11) is 0. The predicted octanol–water partition coefficient (Wildman–Crippen LogP) is 5.50. The number of ether oxygens (including phenoxy) is 2. The van der Waals surface area contributed by atoms with E-state index in [-0.39, 0.29) is 17.2 Å². The van der Waals surface area contributed by atoms with E-state index >= 15 is 0 Å². The van der Waals surface area contributed by atoms with Crippen molar-refractivity contribution in [2.75, 3.05) is 6.61 Å². The van der Waals surface area contributed by atoms with Gasteiger partial charge in [-0.3, -0.25) is 4.79 Å². The fourth-order valence-electron chi connectivity index (χ4n) is 2.33. The Hall–Kier alpha value is -2.87. The van der Waals surface area contributed by atoms with Crippen molar-refractivity contribution in [3.63, 3.8) is 0 Å². The normalized spacial score (nSPS) is 10.7. The molecule has 0 saturated heterocycles. The van der Waals surface area contributed by atoms with Crippen molar-refractivity contribution in [1.29, 1.82) is 0 Å². The Morgan fingerprint density at radius 3 is 2.32 bits per heavy atom. The number of esters is 1. The summed E-state index contributed by atoms with van der Waals surface area (Å²) in [6, 6.07) is 18.2. The van der Waals surface area contributed by atoms with E-state index in [1.807, 2.05) is 12.1 Å². The molecule has 0 heterocycles. The SMILES string of the molecule is O=C(COc1ccc(Br)cc1)N/N=C/c1ccc(OC(=O)c2ccc(Cl)cc2Cl)cc1. The van der Waals surface area contributed by atoms with Crippen LogP contribution in [0.3, 0.4) is 0 Å². The topological polar surface area (TPSA) is 77.0 Å². The molecule has 0 fully saturated rings. The summed E-state index contributed by atoms with van der Waals surface area (Å²) in [5.74, 6) is -0.0851. The minimum Gasteiger partial charge on any atom is -0.484 e. The van der Waals surface area contributed by atoms with E-state index in [4.69, 9.17) is 32.7 Å². The zero-order chi connectivity index (χ0) is 22.2. The quantitative estimate of drug-likeness (QED) is 0.192. The molecule has 1 N–H and O–H groups in total. The first kappa shape index (κ1) is 22.8. The molecule has 31 heavy (non-hydrogen) atoms. The number of benzene rings is 3. The number of hydrogen-bond acceptors (Lipinski definition) is 5. The fraction of sp³-hybridized carbons (Fsp3) is 0.0455. The van der Waals surface area contributed by atoms with Gasteiger partial charge in [0.25, 0.3) is 5.91 Å². The van der Waals surface area contributed by atoms with E-state index in [9.17, 15) is 9.59 Å². The summed E-state index contributed by atoms with van der Waals surface area (Å²) in [6.07, 6.45) is 1.46. The van der Waals surface area contributed by atoms with Gasteiger partial charge in [0.2, 0.25) is 0 Å². The van der Waals surface area contributed by atoms with Crippen LogP contribution in [0.25, 0.3) is 0 Å². The van der Waals surface area contributed by atoms with Crippen molar-refractivity contribution < 1.29 is 19.1 Å². The van der Waals surface area contributed by atoms with Gasteiger partial charge in [-0.05, 0) is 72.3 Å². The fourth-order valence-corrected chi connectivity index (χ4v) is 3.08. The zero-order valence-corrected chi connectivity index (χ0v) is 18.9. The van der Waals surface area contributed by atoms with Crippen LogP contribution in [0.5, 0.6) is 11.5 Å². The lowest BCUT2D eigenvalue weighted by Gasteiger charge is -2.06. The van der Waals surface area contributed by atoms with Crippen LogP contribution in [0.4, 0.5) is 0 Å². The third-order valence-electron chi connectivity index (χ3n) is 3.83. The van der Waals surface area contributed by atoms with Gasteiger partial charge in [0, 0.05) is 9.50 Å². The first-order chi connectivity index (χ1) is 14.9. The third-order valence-corrected chi connectivity index (χ3v) is 4.90. The number of hydrazone groups is 1. The maximum Gasteiger partial charge on any atom is 0.345 e. The standard InChI is InChI=1S/C22H15BrCl2N2O4/c23-15-3-8-17(9-4-15)30-13-21(28)27-26-12-14-1-6-18(7-2-14)31-22(29)19-10-5-16(24)11-20(19)25/h1-12H,13H2,(H,27,28)/b26-12+. The lowest BCUT2D eigenvalue weighted by molar-refractivity contribution is -0.123. The second kappa shape index (κ2) is 10.9. The molecule has 0 atom stereocenters. The van der Waals surface area contributed by atoms with Crippen LogP contribution >= 0.6 is 39.1 Å². The van der Waals surface area contributed by atoms with Crippen molar-refractivity contribution in [2.45, 2.75) is 0 Å². The molecule has 0 bridgehead atoms. The first-order valence-corrected chi connectivity index (χ1v) is 10.4. The van der Waals surface area contributed by atoms with Crippen molar-refractivity contribution in [3.05, 3.63) is 92.4 Å². The molecule has 158 valence electrons. The molecule has 3 rings (SSSR count). The molecular weight excluding hydrogens is 507 g/mol. The highest BCUT2D eigenvalue weighted by Gasteiger charge is 2.13. The minimum atomic E-state index is -0.596. The van der Waals surface area contributed by atoms with E-state index in [0.717, 1.165) is 4.47 Å². The van der Waals surface area contributed by atoms with E-state index in [1.165, 1.54) is 18.3 Å². The average molecular weight is 522 g/mol. The van der Waals surface area contributed by atoms with Crippen molar-refractivity contribution in [2.24, 2.45) is 5.10 Å². The van der Waals surface area contributed by atoms with Crippen LogP contribution in [-0.4, -0.2) is 24.7 Å². The number of nitrogens with one attached hydrogen (secondary N) is 1. The Morgan fingerprint density at radius 2 is 1.65 bits per heavy atom. The molecule has 0 unspecified atom stereocenters. The lowest BCUT2D eigenvalue weighted by atomic mass is 10.2. The maximum atomic E-state index is 12.2. The van der Waals surface area contributed by atoms with Crippen molar-refractivity contribution in [3.8, 4) is 11.5 Å². The van der Waals surface area contributed by atoms with Gasteiger partial charge in [0.15, 0.2) is 6.61 Å². The monoisotopic (exact) mass is 520 g/mol. The van der Waals surface area contributed by atoms with Crippen LogP contribution in [0.2, 0.25) is 10.0 Å². The molecule has 1 amide bonds. The third kappa shape index (κ3) is 7.10. The largest absolute Gasteiger partial charge is 0.484 e. The van der Waals surface area contributed by atoms with Gasteiger partial charge in [-0.25, -0.2) is 10.2 Å². The summed E-state index contributed by atoms with van der Waals surface area (Å²) in [4.78, 5) is 24.0. The van der Waals surface area contributed by atoms with Crippen LogP contribution in [0.15, 0.2) is 76.3 Å². The van der Waals surface area contributed by atoms with Crippen LogP contribution in [0.1, 0.15) is 15.9 Å². The van der Waals surface area contributed by atoms with Gasteiger partial charge in [-0.15, -0.1) is 0 Å². The van der Waals surface area contributed by atoms with Gasteiger partial charge in [-0.2, -0.15) is 5.10 Å². The molecule has 0 aromatic heterocycles. The molecular formula is C22H15BrCl2N2O4. The van der Waals surface area contributed by atoms with Gasteiger partial charge >= 0.3 is 5.97 Å². The van der Waals surface area contributed by atoms with E-state index in [2.05, 4.69) is 26.5 Å². The summed E-state index contributed by atoms with van der Waals surface area (Å²) in [5, 5.41) is 4.51. The summed E-state index contributed by atoms with van der Waals surface area (Å²) < 4.78 is 11.6. The molecule has 0 spiro atoms. The van der Waals surface area contributed by atoms with Gasteiger partial charge in [0.05, 0.1) is 16.8 Å². The number of carbonyl (C=O) groups excluding carboxylic acids is 2. The minimum absolute atomic E-state index is 0.166. The average Bonchev–Trinajstić information content (AvgIpc) is 2.74. The second-order valence-electron chi connectivity index (χ2n) is 6.12. The Bertz CT molecular complexity index is 1100. The van der Waals surface area contributed by atoms with Crippen LogP contribution < -0.4 is 14.9 Å². The van der Waals surface area contributed by atoms with E-state index < -0.39 is 11.9 Å². The first-order valence-electron chi connectivity index (χ1n) is 8.88. The summed E-state index contributed by atoms with van der Waals surface area (Å²) in [6.45, 7) is -0.166. The number of nitrogens with zero attached hydrogens (tertiary/aromatic N) is 1. The van der Waals surface area contributed by atoms with Gasteiger partial charge < -0.3 is 9.47 Å². The predicted molar refractivity (Wildman–Crippen MR) is 123 cm³/mol. The number of hydrogen-bond donors (Lipinski definition) is 1. The molecule has 0 aliphatic carbocycles. The molecule has 0 radical (unpaired) electrons. The van der Waals surface area contributed by atoms with E-state index in [1.54, 1.807) is 42.5 Å². The second-order valence-corrected chi connectivity index (χ2v) is 7.88. The maximum absolute atomic E-state index is 12.2. The Balaban J connectivity index is 1.48. The van der Waals surface area contributed by atoms with Crippen LogP contribution in [-0.2, 0) is 4.79 Å². The lowest BCUT2D eigenvalue weighted by Crippen LogP contribution is -2.24. The smallest absolute Gasteiger partial charge is 0.345 e. The van der Waals surface area contributed by atoms with Crippen molar-refractivity contribution >= 4 is 57.2 Å². The number of carbonyl (C=O) groups is 2. The summed E-state index contributed by atoms with van der Waals surface area (Å²) >= 11 is 15.2. The van der Waals surface area contributed by atoms with Gasteiger partial charge in [0.1, 0.15) is 11.5 Å². The van der Waals surface area contributed by atoms with Gasteiger partial charge in [-0.1, -0.05) is 39.1 Å². The highest BCUT2D eigenvalue weighted by molar-refractivity contribution is 9.10. The number of amides is 1. The number of halogens is 3.